The average molecular weight is 758 g/mol. The molecule has 3 rings (SSSR count). The molecule has 3 N–H and O–H groups in total. The van der Waals surface area contributed by atoms with E-state index in [9.17, 15) is 29.1 Å². The van der Waals surface area contributed by atoms with Crippen LogP contribution in [-0.2, 0) is 35.1 Å². The number of methoxy groups -OCH3 is 1. The first kappa shape index (κ1) is 43.5. The van der Waals surface area contributed by atoms with Crippen LogP contribution in [-0.4, -0.2) is 101 Å². The van der Waals surface area contributed by atoms with Crippen LogP contribution in [0.1, 0.15) is 107 Å². The van der Waals surface area contributed by atoms with Gasteiger partial charge in [-0.3, -0.25) is 24.1 Å². The Kier molecular flexibility index (Phi) is 17.3. The van der Waals surface area contributed by atoms with E-state index in [1.165, 1.54) is 17.4 Å². The molecule has 294 valence electrons. The fourth-order valence-corrected chi connectivity index (χ4v) is 7.22. The second kappa shape index (κ2) is 21.1. The molecule has 6 atom stereocenters. The van der Waals surface area contributed by atoms with E-state index in [2.05, 4.69) is 15.6 Å². The maximum Gasteiger partial charge on any atom is 0.328 e. The van der Waals surface area contributed by atoms with Crippen molar-refractivity contribution < 1.29 is 38.6 Å². The number of thiazole rings is 1. The summed E-state index contributed by atoms with van der Waals surface area (Å²) in [6.07, 6.45) is 2.46. The van der Waals surface area contributed by atoms with Crippen molar-refractivity contribution in [1.82, 2.24) is 25.4 Å². The summed E-state index contributed by atoms with van der Waals surface area (Å²) in [6.45, 7) is 11.9. The van der Waals surface area contributed by atoms with E-state index in [4.69, 9.17) is 9.47 Å². The molecule has 0 aliphatic carbocycles. The van der Waals surface area contributed by atoms with Gasteiger partial charge in [-0.1, -0.05) is 84.7 Å². The molecule has 2 aromatic rings. The number of benzene rings is 1. The minimum Gasteiger partial charge on any atom is -0.467 e. The normalized spacial score (nSPS) is 17.7. The summed E-state index contributed by atoms with van der Waals surface area (Å²) in [6, 6.07) is 6.40. The van der Waals surface area contributed by atoms with Gasteiger partial charge in [-0.05, 0) is 49.8 Å². The molecule has 53 heavy (non-hydrogen) atoms. The number of aliphatic hydroxyl groups is 1. The highest BCUT2D eigenvalue weighted by Crippen LogP contribution is 2.29. The maximum atomic E-state index is 14.6. The number of carbonyl (C=O) groups is 5. The van der Waals surface area contributed by atoms with Crippen molar-refractivity contribution in [3.8, 4) is 0 Å². The van der Waals surface area contributed by atoms with E-state index in [1.807, 2.05) is 83.8 Å². The number of ether oxygens (including phenoxy) is 2. The molecule has 0 unspecified atom stereocenters. The summed E-state index contributed by atoms with van der Waals surface area (Å²) in [7, 11) is 3.17. The highest BCUT2D eigenvalue weighted by molar-refractivity contribution is 7.09. The molecule has 1 saturated heterocycles. The first-order valence-electron chi connectivity index (χ1n) is 18.7. The zero-order valence-corrected chi connectivity index (χ0v) is 33.3. The Hall–Kier alpha value is -3.88. The van der Waals surface area contributed by atoms with Gasteiger partial charge in [-0.2, -0.15) is 0 Å². The molecule has 3 amide bonds. The van der Waals surface area contributed by atoms with E-state index < -0.39 is 48.0 Å². The summed E-state index contributed by atoms with van der Waals surface area (Å²) < 4.78 is 10.6. The number of piperidine rings is 1. The average Bonchev–Trinajstić information content (AvgIpc) is 3.63. The van der Waals surface area contributed by atoms with Crippen LogP contribution in [0.5, 0.6) is 0 Å². The van der Waals surface area contributed by atoms with E-state index >= 15 is 0 Å². The minimum absolute atomic E-state index is 0.0189. The van der Waals surface area contributed by atoms with Gasteiger partial charge in [0.05, 0.1) is 13.2 Å². The van der Waals surface area contributed by atoms with Crippen molar-refractivity contribution in [2.75, 3.05) is 27.4 Å². The lowest BCUT2D eigenvalue weighted by atomic mass is 9.92. The molecule has 0 radical (unpaired) electrons. The van der Waals surface area contributed by atoms with Crippen molar-refractivity contribution in [3.05, 3.63) is 52.0 Å². The highest BCUT2D eigenvalue weighted by atomic mass is 32.1. The SMILES string of the molecule is CC[C@H](C)[C@H](NC(=O)[C@H]1CCCCN1C)C(=O)N(COC(=O)CC(C)C)[C@H](C[C@@H](O)c1nc(C(=O)N[C@@H](Cc2ccccc2)C(=O)OC)cs1)C(C)C. The van der Waals surface area contributed by atoms with Gasteiger partial charge >= 0.3 is 11.9 Å². The number of likely N-dealkylation sites (N-methyl/N-ethyl adjacent to an activating group) is 1. The van der Waals surface area contributed by atoms with E-state index in [-0.39, 0.29) is 66.4 Å². The topological polar surface area (TPSA) is 167 Å². The Balaban J connectivity index is 1.85. The Bertz CT molecular complexity index is 1500. The fraction of sp³-hybridized carbons (Fsp3) is 0.641. The van der Waals surface area contributed by atoms with E-state index in [1.54, 1.807) is 0 Å². The molecule has 1 aromatic carbocycles. The zero-order chi connectivity index (χ0) is 39.2. The first-order valence-corrected chi connectivity index (χ1v) is 19.6. The molecule has 0 bridgehead atoms. The number of aromatic nitrogens is 1. The fourth-order valence-electron chi connectivity index (χ4n) is 6.43. The third-order valence-corrected chi connectivity index (χ3v) is 10.8. The molecular weight excluding hydrogens is 699 g/mol. The summed E-state index contributed by atoms with van der Waals surface area (Å²) in [4.78, 5) is 74.5. The van der Waals surface area contributed by atoms with Gasteiger partial charge in [-0.25, -0.2) is 9.78 Å². The molecule has 0 saturated carbocycles. The lowest BCUT2D eigenvalue weighted by Gasteiger charge is -2.39. The summed E-state index contributed by atoms with van der Waals surface area (Å²) >= 11 is 1.08. The number of amides is 3. The Morgan fingerprint density at radius 3 is 2.36 bits per heavy atom. The minimum atomic E-state index is -1.19. The van der Waals surface area contributed by atoms with Crippen LogP contribution in [0.2, 0.25) is 0 Å². The van der Waals surface area contributed by atoms with Crippen molar-refractivity contribution in [2.45, 2.75) is 117 Å². The lowest BCUT2D eigenvalue weighted by molar-refractivity contribution is -0.160. The van der Waals surface area contributed by atoms with Gasteiger partial charge in [0.25, 0.3) is 5.91 Å². The number of hydrogen-bond acceptors (Lipinski definition) is 11. The van der Waals surface area contributed by atoms with Gasteiger partial charge in [0, 0.05) is 30.7 Å². The number of esters is 2. The third kappa shape index (κ3) is 12.9. The van der Waals surface area contributed by atoms with Crippen LogP contribution in [0.4, 0.5) is 0 Å². The number of carbonyl (C=O) groups excluding carboxylic acids is 5. The zero-order valence-electron chi connectivity index (χ0n) is 32.5. The number of nitrogens with one attached hydrogen (secondary N) is 2. The van der Waals surface area contributed by atoms with Gasteiger partial charge in [0.15, 0.2) is 6.73 Å². The highest BCUT2D eigenvalue weighted by Gasteiger charge is 2.38. The number of rotatable bonds is 19. The van der Waals surface area contributed by atoms with Gasteiger partial charge in [0.2, 0.25) is 11.8 Å². The third-order valence-electron chi connectivity index (χ3n) is 9.82. The predicted molar refractivity (Wildman–Crippen MR) is 203 cm³/mol. The predicted octanol–water partition coefficient (Wildman–Crippen LogP) is 4.50. The first-order chi connectivity index (χ1) is 25.2. The smallest absolute Gasteiger partial charge is 0.328 e. The molecule has 1 aromatic heterocycles. The Labute approximate surface area is 318 Å². The Morgan fingerprint density at radius 2 is 1.75 bits per heavy atom. The number of aliphatic hydroxyl groups excluding tert-OH is 1. The van der Waals surface area contributed by atoms with Crippen LogP contribution >= 0.6 is 11.3 Å². The van der Waals surface area contributed by atoms with Gasteiger partial charge < -0.3 is 30.1 Å². The quantitative estimate of drug-likeness (QED) is 0.137. The molecule has 14 heteroatoms. The monoisotopic (exact) mass is 757 g/mol. The van der Waals surface area contributed by atoms with Crippen LogP contribution in [0, 0.1) is 17.8 Å². The van der Waals surface area contributed by atoms with Crippen molar-refractivity contribution in [1.29, 1.82) is 0 Å². The summed E-state index contributed by atoms with van der Waals surface area (Å²) in [5.74, 6) is -2.67. The molecule has 1 aliphatic heterocycles. The number of hydrogen-bond donors (Lipinski definition) is 3. The molecule has 1 aliphatic rings. The second-order valence-electron chi connectivity index (χ2n) is 14.8. The largest absolute Gasteiger partial charge is 0.467 e. The van der Waals surface area contributed by atoms with Gasteiger partial charge in [-0.15, -0.1) is 11.3 Å². The van der Waals surface area contributed by atoms with Crippen molar-refractivity contribution in [2.24, 2.45) is 17.8 Å². The van der Waals surface area contributed by atoms with Crippen molar-refractivity contribution in [3.63, 3.8) is 0 Å². The molecule has 0 spiro atoms. The second-order valence-corrected chi connectivity index (χ2v) is 15.7. The van der Waals surface area contributed by atoms with E-state index in [0.717, 1.165) is 36.3 Å². The van der Waals surface area contributed by atoms with Crippen LogP contribution in [0.15, 0.2) is 35.7 Å². The maximum absolute atomic E-state index is 14.6. The number of likely N-dealkylation sites (tertiary alicyclic amines) is 1. The molecule has 2 heterocycles. The van der Waals surface area contributed by atoms with Crippen LogP contribution in [0.3, 0.4) is 0 Å². The molecule has 13 nitrogen and oxygen atoms in total. The van der Waals surface area contributed by atoms with Crippen LogP contribution in [0.25, 0.3) is 0 Å². The number of nitrogens with zero attached hydrogens (tertiary/aromatic N) is 3. The standard InChI is InChI=1S/C39H59N5O8S/c1-9-26(6)34(42-36(48)30-17-13-14-18-43(30)7)38(49)44(23-52-33(46)19-24(2)3)31(25(4)5)21-32(45)37-41-29(22-53-37)35(47)40-28(39(50)51-8)20-27-15-11-10-12-16-27/h10-12,15-16,22,24-26,28,30-32,34,45H,9,13-14,17-21,23H2,1-8H3,(H,40,47)(H,42,48)/t26-,28-,30+,31+,32+,34-/m0/s1. The summed E-state index contributed by atoms with van der Waals surface area (Å²) in [5.41, 5.74) is 0.859. The summed E-state index contributed by atoms with van der Waals surface area (Å²) in [5, 5.41) is 19.0. The van der Waals surface area contributed by atoms with Crippen LogP contribution < -0.4 is 10.6 Å². The molecule has 1 fully saturated rings. The molecular formula is C39H59N5O8S. The van der Waals surface area contributed by atoms with Crippen molar-refractivity contribution >= 4 is 41.0 Å². The van der Waals surface area contributed by atoms with E-state index in [0.29, 0.717) is 12.8 Å². The Morgan fingerprint density at radius 1 is 1.06 bits per heavy atom. The van der Waals surface area contributed by atoms with Gasteiger partial charge in [0.1, 0.15) is 28.9 Å². The lowest BCUT2D eigenvalue weighted by Crippen LogP contribution is -2.59.